The lowest BCUT2D eigenvalue weighted by atomic mass is 10.1. The normalized spacial score (nSPS) is 13.4. The van der Waals surface area contributed by atoms with Crippen LogP contribution in [0.25, 0.3) is 0 Å². The fraction of sp³-hybridized carbons (Fsp3) is 0.600. The Kier molecular flexibility index (Phi) is 11.5. The van der Waals surface area contributed by atoms with Gasteiger partial charge in [-0.2, -0.15) is 0 Å². The fourth-order valence-electron chi connectivity index (χ4n) is 2.00. The number of rotatable bonds is 14. The number of amides is 4. The highest BCUT2D eigenvalue weighted by atomic mass is 16.4. The van der Waals surface area contributed by atoms with Crippen LogP contribution in [0.1, 0.15) is 25.7 Å². The van der Waals surface area contributed by atoms with Gasteiger partial charge in [0, 0.05) is 12.8 Å². The quantitative estimate of drug-likeness (QED) is 0.134. The molecule has 4 amide bonds. The largest absolute Gasteiger partial charge is 0.481 e. The van der Waals surface area contributed by atoms with Gasteiger partial charge in [-0.3, -0.25) is 28.8 Å². The third-order valence-electron chi connectivity index (χ3n) is 3.55. The molecule has 0 spiro atoms. The van der Waals surface area contributed by atoms with Crippen molar-refractivity contribution in [3.8, 4) is 0 Å². The molecule has 3 atom stereocenters. The summed E-state index contributed by atoms with van der Waals surface area (Å²) in [5.74, 6) is -6.14. The van der Waals surface area contributed by atoms with Crippen LogP contribution in [-0.4, -0.2) is 82.2 Å². The summed E-state index contributed by atoms with van der Waals surface area (Å²) in [6, 6.07) is -4.15. The van der Waals surface area contributed by atoms with Gasteiger partial charge in [0.05, 0.1) is 12.6 Å². The number of nitrogens with one attached hydrogen (secondary N) is 3. The Bertz CT molecular complexity index is 640. The molecular formula is C15H25N5O9. The predicted molar refractivity (Wildman–Crippen MR) is 94.9 cm³/mol. The molecule has 0 aliphatic carbocycles. The lowest BCUT2D eigenvalue weighted by molar-refractivity contribution is -0.139. The van der Waals surface area contributed by atoms with E-state index < -0.39 is 73.3 Å². The van der Waals surface area contributed by atoms with Gasteiger partial charge < -0.3 is 42.7 Å². The Labute approximate surface area is 165 Å². The first kappa shape index (κ1) is 25.7. The second kappa shape index (κ2) is 13.0. The average molecular weight is 419 g/mol. The number of aliphatic carboxylic acids is 2. The predicted octanol–water partition coefficient (Wildman–Crippen LogP) is -4.39. The summed E-state index contributed by atoms with van der Waals surface area (Å²) in [5.41, 5.74) is 10.5. The molecule has 14 nitrogen and oxygen atoms in total. The van der Waals surface area contributed by atoms with E-state index in [1.54, 1.807) is 0 Å². The lowest BCUT2D eigenvalue weighted by Gasteiger charge is -2.23. The van der Waals surface area contributed by atoms with Crippen molar-refractivity contribution in [2.24, 2.45) is 11.5 Å². The molecule has 0 aromatic rings. The Morgan fingerprint density at radius 2 is 1.38 bits per heavy atom. The smallest absolute Gasteiger partial charge is 0.322 e. The second-order valence-corrected chi connectivity index (χ2v) is 5.96. The van der Waals surface area contributed by atoms with Crippen molar-refractivity contribution in [2.75, 3.05) is 13.2 Å². The highest BCUT2D eigenvalue weighted by molar-refractivity contribution is 5.94. The number of aliphatic hydroxyl groups excluding tert-OH is 1. The summed E-state index contributed by atoms with van der Waals surface area (Å²) >= 11 is 0. The van der Waals surface area contributed by atoms with Crippen molar-refractivity contribution in [2.45, 2.75) is 43.8 Å². The van der Waals surface area contributed by atoms with E-state index in [0.29, 0.717) is 0 Å². The van der Waals surface area contributed by atoms with Crippen LogP contribution in [0.15, 0.2) is 0 Å². The van der Waals surface area contributed by atoms with Crippen LogP contribution in [0.3, 0.4) is 0 Å². The molecule has 0 saturated carbocycles. The van der Waals surface area contributed by atoms with E-state index in [-0.39, 0.29) is 19.3 Å². The molecule has 3 unspecified atom stereocenters. The SMILES string of the molecule is NC(=O)CCC(N)C(=O)NC(CCC(=O)O)C(=O)NC(CO)C(=O)NCC(=O)O. The Morgan fingerprint density at radius 3 is 1.86 bits per heavy atom. The first-order chi connectivity index (χ1) is 13.5. The number of carbonyl (C=O) groups is 6. The van der Waals surface area contributed by atoms with Gasteiger partial charge in [0.25, 0.3) is 0 Å². The monoisotopic (exact) mass is 419 g/mol. The van der Waals surface area contributed by atoms with Crippen molar-refractivity contribution in [1.29, 1.82) is 0 Å². The molecule has 10 N–H and O–H groups in total. The van der Waals surface area contributed by atoms with E-state index >= 15 is 0 Å². The number of nitrogens with two attached hydrogens (primary N) is 2. The van der Waals surface area contributed by atoms with Gasteiger partial charge in [-0.05, 0) is 12.8 Å². The molecule has 0 aromatic carbocycles. The van der Waals surface area contributed by atoms with Crippen molar-refractivity contribution in [1.82, 2.24) is 16.0 Å². The average Bonchev–Trinajstić information content (AvgIpc) is 2.64. The van der Waals surface area contributed by atoms with Gasteiger partial charge in [0.1, 0.15) is 18.6 Å². The zero-order chi connectivity index (χ0) is 22.6. The molecular weight excluding hydrogens is 394 g/mol. The molecule has 0 bridgehead atoms. The summed E-state index contributed by atoms with van der Waals surface area (Å²) in [5, 5.41) is 32.8. The standard InChI is InChI=1S/C15H25N5O9/c16-7(1-3-10(17)22)13(27)19-8(2-4-11(23)24)15(29)20-9(6-21)14(28)18-5-12(25)26/h7-9,21H,1-6,16H2,(H2,17,22)(H,18,28)(H,19,27)(H,20,29)(H,23,24)(H,25,26). The van der Waals surface area contributed by atoms with Crippen LogP contribution in [0, 0.1) is 0 Å². The van der Waals surface area contributed by atoms with Crippen LogP contribution in [0.2, 0.25) is 0 Å². The minimum Gasteiger partial charge on any atom is -0.481 e. The first-order valence-corrected chi connectivity index (χ1v) is 8.44. The number of hydrogen-bond donors (Lipinski definition) is 8. The molecule has 29 heavy (non-hydrogen) atoms. The van der Waals surface area contributed by atoms with E-state index in [1.165, 1.54) is 0 Å². The fourth-order valence-corrected chi connectivity index (χ4v) is 2.00. The van der Waals surface area contributed by atoms with E-state index in [0.717, 1.165) is 0 Å². The molecule has 14 heteroatoms. The van der Waals surface area contributed by atoms with Gasteiger partial charge in [-0.25, -0.2) is 0 Å². The summed E-state index contributed by atoms with van der Waals surface area (Å²) < 4.78 is 0. The summed E-state index contributed by atoms with van der Waals surface area (Å²) in [4.78, 5) is 68.2. The minimum absolute atomic E-state index is 0.106. The molecule has 164 valence electrons. The Balaban J connectivity index is 5.07. The van der Waals surface area contributed by atoms with E-state index in [4.69, 9.17) is 21.7 Å². The first-order valence-electron chi connectivity index (χ1n) is 8.44. The van der Waals surface area contributed by atoms with E-state index in [1.807, 2.05) is 5.32 Å². The number of carboxylic acids is 2. The van der Waals surface area contributed by atoms with E-state index in [2.05, 4.69) is 10.6 Å². The van der Waals surface area contributed by atoms with Gasteiger partial charge in [-0.1, -0.05) is 0 Å². The maximum Gasteiger partial charge on any atom is 0.322 e. The zero-order valence-electron chi connectivity index (χ0n) is 15.4. The highest BCUT2D eigenvalue weighted by Crippen LogP contribution is 2.02. The van der Waals surface area contributed by atoms with Gasteiger partial charge in [0.2, 0.25) is 23.6 Å². The van der Waals surface area contributed by atoms with Gasteiger partial charge in [-0.15, -0.1) is 0 Å². The van der Waals surface area contributed by atoms with Crippen LogP contribution >= 0.6 is 0 Å². The molecule has 0 radical (unpaired) electrons. The molecule has 0 aromatic heterocycles. The number of hydrogen-bond acceptors (Lipinski definition) is 8. The topological polar surface area (TPSA) is 251 Å². The number of carbonyl (C=O) groups excluding carboxylic acids is 4. The Morgan fingerprint density at radius 1 is 0.793 bits per heavy atom. The number of aliphatic hydroxyl groups is 1. The zero-order valence-corrected chi connectivity index (χ0v) is 15.4. The summed E-state index contributed by atoms with van der Waals surface area (Å²) in [7, 11) is 0. The molecule has 0 rings (SSSR count). The van der Waals surface area contributed by atoms with Crippen LogP contribution in [0.5, 0.6) is 0 Å². The van der Waals surface area contributed by atoms with Crippen LogP contribution in [-0.2, 0) is 28.8 Å². The number of carboxylic acid groups (broad SMARTS) is 2. The molecule has 0 fully saturated rings. The number of primary amides is 1. The molecule has 0 aliphatic rings. The molecule has 0 heterocycles. The second-order valence-electron chi connectivity index (χ2n) is 5.96. The third kappa shape index (κ3) is 11.2. The maximum absolute atomic E-state index is 12.4. The van der Waals surface area contributed by atoms with Crippen LogP contribution < -0.4 is 27.4 Å². The van der Waals surface area contributed by atoms with Crippen molar-refractivity contribution >= 4 is 35.6 Å². The summed E-state index contributed by atoms with van der Waals surface area (Å²) in [6.45, 7) is -1.63. The van der Waals surface area contributed by atoms with Crippen molar-refractivity contribution in [3.05, 3.63) is 0 Å². The lowest BCUT2D eigenvalue weighted by Crippen LogP contribution is -2.57. The van der Waals surface area contributed by atoms with Crippen molar-refractivity contribution in [3.63, 3.8) is 0 Å². The third-order valence-corrected chi connectivity index (χ3v) is 3.55. The molecule has 0 saturated heterocycles. The Hall–Kier alpha value is -3.26. The van der Waals surface area contributed by atoms with Crippen molar-refractivity contribution < 1.29 is 44.1 Å². The van der Waals surface area contributed by atoms with E-state index in [9.17, 15) is 33.9 Å². The van der Waals surface area contributed by atoms with Gasteiger partial charge >= 0.3 is 11.9 Å². The highest BCUT2D eigenvalue weighted by Gasteiger charge is 2.28. The maximum atomic E-state index is 12.4. The van der Waals surface area contributed by atoms with Crippen LogP contribution in [0.4, 0.5) is 0 Å². The van der Waals surface area contributed by atoms with Gasteiger partial charge in [0.15, 0.2) is 0 Å². The molecule has 0 aliphatic heterocycles. The summed E-state index contributed by atoms with van der Waals surface area (Å²) in [6.07, 6.45) is -1.16. The minimum atomic E-state index is -1.53.